The molecule has 3 N–H and O–H groups in total. The number of anilines is 1. The summed E-state index contributed by atoms with van der Waals surface area (Å²) >= 11 is 1.48. The van der Waals surface area contributed by atoms with E-state index in [9.17, 15) is 4.79 Å². The van der Waals surface area contributed by atoms with Gasteiger partial charge in [0.25, 0.3) is 0 Å². The number of methoxy groups -OCH3 is 1. The molecule has 1 aromatic carbocycles. The fourth-order valence-electron chi connectivity index (χ4n) is 1.88. The highest BCUT2D eigenvalue weighted by molar-refractivity contribution is 7.10. The van der Waals surface area contributed by atoms with Gasteiger partial charge in [0, 0.05) is 17.7 Å². The second-order valence-corrected chi connectivity index (χ2v) is 5.36. The van der Waals surface area contributed by atoms with Crippen molar-refractivity contribution in [2.75, 3.05) is 19.0 Å². The van der Waals surface area contributed by atoms with E-state index in [2.05, 4.69) is 5.32 Å². The lowest BCUT2D eigenvalue weighted by atomic mass is 10.1. The molecule has 20 heavy (non-hydrogen) atoms. The Kier molecular flexibility index (Phi) is 5.29. The summed E-state index contributed by atoms with van der Waals surface area (Å²) in [5, 5.41) is 4.81. The van der Waals surface area contributed by atoms with Crippen LogP contribution in [0.15, 0.2) is 41.8 Å². The Morgan fingerprint density at radius 3 is 2.85 bits per heavy atom. The van der Waals surface area contributed by atoms with Crippen LogP contribution in [0.3, 0.4) is 0 Å². The standard InChI is InChI=1S/C15H18N2O2S/c1-19-9-8-11-5-2-3-6-12(11)17-15(18)14(16)13-7-4-10-20-13/h2-7,10,14H,8-9,16H2,1H3,(H,17,18). The highest BCUT2D eigenvalue weighted by atomic mass is 32.1. The minimum absolute atomic E-state index is 0.197. The van der Waals surface area contributed by atoms with Crippen LogP contribution >= 0.6 is 11.3 Å². The molecule has 1 heterocycles. The van der Waals surface area contributed by atoms with Crippen LogP contribution in [-0.2, 0) is 16.0 Å². The van der Waals surface area contributed by atoms with Gasteiger partial charge in [-0.2, -0.15) is 0 Å². The molecular weight excluding hydrogens is 272 g/mol. The lowest BCUT2D eigenvalue weighted by molar-refractivity contribution is -0.117. The van der Waals surface area contributed by atoms with E-state index in [1.165, 1.54) is 11.3 Å². The number of para-hydroxylation sites is 1. The van der Waals surface area contributed by atoms with Crippen LogP contribution in [0.25, 0.3) is 0 Å². The Balaban J connectivity index is 2.07. The molecule has 1 atom stereocenters. The van der Waals surface area contributed by atoms with Gasteiger partial charge in [0.15, 0.2) is 0 Å². The van der Waals surface area contributed by atoms with Crippen LogP contribution in [0.5, 0.6) is 0 Å². The zero-order valence-corrected chi connectivity index (χ0v) is 12.2. The zero-order chi connectivity index (χ0) is 14.4. The van der Waals surface area contributed by atoms with Crippen LogP contribution in [-0.4, -0.2) is 19.6 Å². The van der Waals surface area contributed by atoms with Crippen LogP contribution in [0.2, 0.25) is 0 Å². The number of amides is 1. The summed E-state index contributed by atoms with van der Waals surface area (Å²) in [5.41, 5.74) is 7.79. The molecule has 4 nitrogen and oxygen atoms in total. The van der Waals surface area contributed by atoms with Crippen molar-refractivity contribution in [1.82, 2.24) is 0 Å². The molecule has 1 aromatic heterocycles. The summed E-state index contributed by atoms with van der Waals surface area (Å²) in [7, 11) is 1.66. The third-order valence-electron chi connectivity index (χ3n) is 2.98. The predicted molar refractivity (Wildman–Crippen MR) is 81.9 cm³/mol. The first-order chi connectivity index (χ1) is 9.72. The molecule has 0 aliphatic heterocycles. The molecule has 0 fully saturated rings. The first kappa shape index (κ1) is 14.7. The van der Waals surface area contributed by atoms with Crippen molar-refractivity contribution in [3.63, 3.8) is 0 Å². The molecule has 0 spiro atoms. The third kappa shape index (κ3) is 3.66. The summed E-state index contributed by atoms with van der Waals surface area (Å²) in [6.45, 7) is 0.615. The van der Waals surface area contributed by atoms with E-state index < -0.39 is 6.04 Å². The van der Waals surface area contributed by atoms with E-state index in [-0.39, 0.29) is 5.91 Å². The van der Waals surface area contributed by atoms with Gasteiger partial charge in [0.1, 0.15) is 6.04 Å². The Morgan fingerprint density at radius 1 is 1.35 bits per heavy atom. The number of carbonyl (C=O) groups is 1. The van der Waals surface area contributed by atoms with E-state index in [1.807, 2.05) is 41.8 Å². The number of rotatable bonds is 6. The van der Waals surface area contributed by atoms with E-state index >= 15 is 0 Å². The van der Waals surface area contributed by atoms with Crippen molar-refractivity contribution < 1.29 is 9.53 Å². The Hall–Kier alpha value is -1.69. The van der Waals surface area contributed by atoms with Crippen LogP contribution in [0, 0.1) is 0 Å². The lowest BCUT2D eigenvalue weighted by Crippen LogP contribution is -2.27. The maximum Gasteiger partial charge on any atom is 0.246 e. The van der Waals surface area contributed by atoms with Crippen molar-refractivity contribution in [3.05, 3.63) is 52.2 Å². The summed E-state index contributed by atoms with van der Waals surface area (Å²) in [6.07, 6.45) is 0.751. The summed E-state index contributed by atoms with van der Waals surface area (Å²) in [6, 6.07) is 10.8. The molecule has 1 unspecified atom stereocenters. The topological polar surface area (TPSA) is 64.3 Å². The number of hydrogen-bond acceptors (Lipinski definition) is 4. The Bertz CT molecular complexity index is 555. The maximum absolute atomic E-state index is 12.2. The molecule has 2 aromatic rings. The zero-order valence-electron chi connectivity index (χ0n) is 11.3. The highest BCUT2D eigenvalue weighted by Crippen LogP contribution is 2.21. The fourth-order valence-corrected chi connectivity index (χ4v) is 2.61. The first-order valence-corrected chi connectivity index (χ1v) is 7.27. The Morgan fingerprint density at radius 2 is 2.15 bits per heavy atom. The SMILES string of the molecule is COCCc1ccccc1NC(=O)C(N)c1cccs1. The second-order valence-electron chi connectivity index (χ2n) is 4.38. The predicted octanol–water partition coefficient (Wildman–Crippen LogP) is 2.58. The van der Waals surface area contributed by atoms with Gasteiger partial charge in [-0.05, 0) is 29.5 Å². The van der Waals surface area contributed by atoms with Gasteiger partial charge in [-0.15, -0.1) is 11.3 Å². The van der Waals surface area contributed by atoms with E-state index in [4.69, 9.17) is 10.5 Å². The van der Waals surface area contributed by atoms with Gasteiger partial charge >= 0.3 is 0 Å². The van der Waals surface area contributed by atoms with Crippen LogP contribution < -0.4 is 11.1 Å². The van der Waals surface area contributed by atoms with Crippen molar-refractivity contribution in [2.45, 2.75) is 12.5 Å². The number of ether oxygens (including phenoxy) is 1. The van der Waals surface area contributed by atoms with Gasteiger partial charge < -0.3 is 15.8 Å². The highest BCUT2D eigenvalue weighted by Gasteiger charge is 2.17. The van der Waals surface area contributed by atoms with Gasteiger partial charge in [-0.25, -0.2) is 0 Å². The summed E-state index contributed by atoms with van der Waals surface area (Å²) in [5.74, 6) is -0.197. The van der Waals surface area contributed by atoms with E-state index in [1.54, 1.807) is 7.11 Å². The average molecular weight is 290 g/mol. The molecule has 5 heteroatoms. The first-order valence-electron chi connectivity index (χ1n) is 6.39. The molecule has 0 saturated heterocycles. The van der Waals surface area contributed by atoms with Gasteiger partial charge in [0.05, 0.1) is 6.61 Å². The molecule has 0 bridgehead atoms. The largest absolute Gasteiger partial charge is 0.384 e. The Labute approximate surface area is 122 Å². The van der Waals surface area contributed by atoms with E-state index in [0.29, 0.717) is 6.61 Å². The molecule has 1 amide bonds. The number of thiophene rings is 1. The van der Waals surface area contributed by atoms with E-state index in [0.717, 1.165) is 22.5 Å². The van der Waals surface area contributed by atoms with Crippen molar-refractivity contribution in [1.29, 1.82) is 0 Å². The van der Waals surface area contributed by atoms with Crippen molar-refractivity contribution in [2.24, 2.45) is 5.73 Å². The van der Waals surface area contributed by atoms with Crippen molar-refractivity contribution >= 4 is 22.9 Å². The second kappa shape index (κ2) is 7.19. The minimum atomic E-state index is -0.634. The molecule has 2 rings (SSSR count). The molecule has 0 radical (unpaired) electrons. The molecule has 106 valence electrons. The molecular formula is C15H18N2O2S. The van der Waals surface area contributed by atoms with Crippen LogP contribution in [0.1, 0.15) is 16.5 Å². The number of hydrogen-bond donors (Lipinski definition) is 2. The van der Waals surface area contributed by atoms with Gasteiger partial charge in [0.2, 0.25) is 5.91 Å². The van der Waals surface area contributed by atoms with Crippen LogP contribution in [0.4, 0.5) is 5.69 Å². The van der Waals surface area contributed by atoms with Gasteiger partial charge in [-0.3, -0.25) is 4.79 Å². The number of carbonyl (C=O) groups excluding carboxylic acids is 1. The maximum atomic E-state index is 12.2. The summed E-state index contributed by atoms with van der Waals surface area (Å²) < 4.78 is 5.08. The normalized spacial score (nSPS) is 12.1. The molecule has 0 saturated carbocycles. The third-order valence-corrected chi connectivity index (χ3v) is 3.94. The lowest BCUT2D eigenvalue weighted by Gasteiger charge is -2.14. The fraction of sp³-hybridized carbons (Fsp3) is 0.267. The average Bonchev–Trinajstić information content (AvgIpc) is 2.99. The molecule has 0 aliphatic carbocycles. The number of benzene rings is 1. The number of nitrogens with two attached hydrogens (primary N) is 1. The summed E-state index contributed by atoms with van der Waals surface area (Å²) in [4.78, 5) is 13.0. The van der Waals surface area contributed by atoms with Gasteiger partial charge in [-0.1, -0.05) is 24.3 Å². The smallest absolute Gasteiger partial charge is 0.246 e. The van der Waals surface area contributed by atoms with Crippen molar-refractivity contribution in [3.8, 4) is 0 Å². The number of nitrogens with one attached hydrogen (secondary N) is 1. The molecule has 0 aliphatic rings. The quantitative estimate of drug-likeness (QED) is 0.859. The monoisotopic (exact) mass is 290 g/mol. The minimum Gasteiger partial charge on any atom is -0.384 e.